The van der Waals surface area contributed by atoms with Crippen LogP contribution in [0.5, 0.6) is 0 Å². The molecule has 0 bridgehead atoms. The fraction of sp³-hybridized carbons (Fsp3) is 0.125. The van der Waals surface area contributed by atoms with Crippen molar-refractivity contribution in [3.63, 3.8) is 0 Å². The van der Waals surface area contributed by atoms with Gasteiger partial charge in [-0.25, -0.2) is 4.79 Å². The first-order valence-electron chi connectivity index (χ1n) is 9.37. The van der Waals surface area contributed by atoms with Crippen molar-refractivity contribution in [3.8, 4) is 6.07 Å². The third-order valence-corrected chi connectivity index (χ3v) is 5.45. The molecule has 3 aromatic rings. The summed E-state index contributed by atoms with van der Waals surface area (Å²) in [5.41, 5.74) is 1.83. The number of amides is 1. The van der Waals surface area contributed by atoms with Crippen molar-refractivity contribution >= 4 is 23.6 Å². The highest BCUT2D eigenvalue weighted by atomic mass is 32.2. The van der Waals surface area contributed by atoms with Crippen LogP contribution < -0.4 is 5.32 Å². The van der Waals surface area contributed by atoms with Gasteiger partial charge in [0.1, 0.15) is 6.07 Å². The Balaban J connectivity index is 1.66. The number of carbonyl (C=O) groups is 2. The Bertz CT molecular complexity index is 1080. The van der Waals surface area contributed by atoms with Crippen LogP contribution in [0.1, 0.15) is 28.4 Å². The lowest BCUT2D eigenvalue weighted by Gasteiger charge is -2.15. The number of nitrogens with zero attached hydrogens (tertiary/aromatic N) is 1. The summed E-state index contributed by atoms with van der Waals surface area (Å²) in [6.45, 7) is 1.90. The molecular weight excluding hydrogens is 396 g/mol. The molecule has 1 amide bonds. The zero-order valence-corrected chi connectivity index (χ0v) is 17.2. The molecule has 0 radical (unpaired) electrons. The summed E-state index contributed by atoms with van der Waals surface area (Å²) in [5.74, 6) is -0.956. The highest BCUT2D eigenvalue weighted by molar-refractivity contribution is 7.99. The highest BCUT2D eigenvalue weighted by Gasteiger charge is 2.21. The zero-order valence-electron chi connectivity index (χ0n) is 16.4. The average molecular weight is 417 g/mol. The maximum Gasteiger partial charge on any atom is 0.340 e. The van der Waals surface area contributed by atoms with E-state index in [1.807, 2.05) is 48.5 Å². The number of nitriles is 1. The highest BCUT2D eigenvalue weighted by Crippen LogP contribution is 2.33. The minimum Gasteiger partial charge on any atom is -0.449 e. The number of benzene rings is 3. The average Bonchev–Trinajstić information content (AvgIpc) is 2.78. The summed E-state index contributed by atoms with van der Waals surface area (Å²) in [4.78, 5) is 26.4. The van der Waals surface area contributed by atoms with Crippen LogP contribution in [-0.4, -0.2) is 18.0 Å². The van der Waals surface area contributed by atoms with Crippen LogP contribution in [-0.2, 0) is 16.1 Å². The molecule has 0 saturated heterocycles. The Morgan fingerprint density at radius 3 is 2.33 bits per heavy atom. The van der Waals surface area contributed by atoms with Crippen molar-refractivity contribution in [2.24, 2.45) is 0 Å². The minimum absolute atomic E-state index is 0.345. The third-order valence-electron chi connectivity index (χ3n) is 4.30. The number of ether oxygens (including phenoxy) is 1. The van der Waals surface area contributed by atoms with Crippen LogP contribution in [0.3, 0.4) is 0 Å². The van der Waals surface area contributed by atoms with Gasteiger partial charge in [0.15, 0.2) is 6.10 Å². The van der Waals surface area contributed by atoms with Crippen LogP contribution in [0.2, 0.25) is 0 Å². The van der Waals surface area contributed by atoms with E-state index >= 15 is 0 Å². The van der Waals surface area contributed by atoms with Crippen molar-refractivity contribution in [3.05, 3.63) is 95.6 Å². The summed E-state index contributed by atoms with van der Waals surface area (Å²) in [7, 11) is 0. The van der Waals surface area contributed by atoms with Crippen molar-refractivity contribution < 1.29 is 14.3 Å². The lowest BCUT2D eigenvalue weighted by molar-refractivity contribution is -0.129. The van der Waals surface area contributed by atoms with E-state index in [2.05, 4.69) is 11.4 Å². The van der Waals surface area contributed by atoms with Gasteiger partial charge in [0.2, 0.25) is 0 Å². The second kappa shape index (κ2) is 10.3. The molecule has 3 rings (SSSR count). The summed E-state index contributed by atoms with van der Waals surface area (Å²) in [6, 6.07) is 25.8. The Kier molecular flexibility index (Phi) is 7.25. The van der Waals surface area contributed by atoms with E-state index in [9.17, 15) is 14.9 Å². The first-order chi connectivity index (χ1) is 14.6. The van der Waals surface area contributed by atoms with Gasteiger partial charge in [-0.2, -0.15) is 5.26 Å². The number of hydrogen-bond donors (Lipinski definition) is 1. The van der Waals surface area contributed by atoms with Gasteiger partial charge >= 0.3 is 5.97 Å². The summed E-state index contributed by atoms with van der Waals surface area (Å²) >= 11 is 1.31. The smallest absolute Gasteiger partial charge is 0.340 e. The van der Waals surface area contributed by atoms with Crippen LogP contribution in [0.4, 0.5) is 0 Å². The van der Waals surface area contributed by atoms with Gasteiger partial charge in [0.05, 0.1) is 11.1 Å². The summed E-state index contributed by atoms with van der Waals surface area (Å²) in [5, 5.41) is 12.1. The molecule has 30 heavy (non-hydrogen) atoms. The maximum absolute atomic E-state index is 12.7. The van der Waals surface area contributed by atoms with E-state index in [0.717, 1.165) is 10.5 Å². The van der Waals surface area contributed by atoms with Gasteiger partial charge in [-0.1, -0.05) is 66.4 Å². The van der Waals surface area contributed by atoms with Crippen LogP contribution in [0.15, 0.2) is 88.7 Å². The molecule has 0 aliphatic heterocycles. The van der Waals surface area contributed by atoms with Gasteiger partial charge in [0, 0.05) is 16.3 Å². The molecule has 0 aromatic heterocycles. The van der Waals surface area contributed by atoms with E-state index < -0.39 is 12.1 Å². The molecular formula is C24H20N2O3S. The number of rotatable bonds is 7. The predicted octanol–water partition coefficient (Wildman–Crippen LogP) is 4.57. The van der Waals surface area contributed by atoms with E-state index in [-0.39, 0.29) is 5.91 Å². The molecule has 0 aliphatic rings. The van der Waals surface area contributed by atoms with Gasteiger partial charge in [-0.15, -0.1) is 0 Å². The minimum atomic E-state index is -0.939. The second-order valence-electron chi connectivity index (χ2n) is 6.46. The number of nitrogens with one attached hydrogen (secondary N) is 1. The number of esters is 1. The molecule has 0 unspecified atom stereocenters. The topological polar surface area (TPSA) is 79.2 Å². The molecule has 3 aromatic carbocycles. The lowest BCUT2D eigenvalue weighted by Crippen LogP contribution is -2.35. The largest absolute Gasteiger partial charge is 0.449 e. The quantitative estimate of drug-likeness (QED) is 0.571. The van der Waals surface area contributed by atoms with Crippen LogP contribution in [0, 0.1) is 11.3 Å². The van der Waals surface area contributed by atoms with Crippen LogP contribution in [0.25, 0.3) is 0 Å². The Hall–Kier alpha value is -3.56. The monoisotopic (exact) mass is 416 g/mol. The van der Waals surface area contributed by atoms with Gasteiger partial charge in [0.25, 0.3) is 5.91 Å². The number of carbonyl (C=O) groups excluding carboxylic acids is 2. The fourth-order valence-corrected chi connectivity index (χ4v) is 3.71. The molecule has 0 spiro atoms. The number of hydrogen-bond acceptors (Lipinski definition) is 5. The van der Waals surface area contributed by atoms with Crippen molar-refractivity contribution in [1.82, 2.24) is 5.32 Å². The van der Waals surface area contributed by atoms with Crippen molar-refractivity contribution in [1.29, 1.82) is 5.26 Å². The fourth-order valence-electron chi connectivity index (χ4n) is 2.70. The molecule has 1 N–H and O–H groups in total. The molecule has 0 aliphatic carbocycles. The zero-order chi connectivity index (χ0) is 21.3. The predicted molar refractivity (Wildman–Crippen MR) is 115 cm³/mol. The molecule has 0 fully saturated rings. The molecule has 0 saturated carbocycles. The lowest BCUT2D eigenvalue weighted by atomic mass is 10.2. The normalized spacial score (nSPS) is 11.2. The van der Waals surface area contributed by atoms with E-state index in [0.29, 0.717) is 22.6 Å². The summed E-state index contributed by atoms with van der Waals surface area (Å²) < 4.78 is 5.39. The maximum atomic E-state index is 12.7. The standard InChI is InChI=1S/C24H20N2O3S/c1-17(23(27)26-16-18-9-3-2-4-10-18)29-24(28)20-12-6-8-14-22(20)30-21-13-7-5-11-19(21)15-25/h2-14,17H,16H2,1H3,(H,26,27)/t17-/m0/s1. The van der Waals surface area contributed by atoms with E-state index in [1.54, 1.807) is 37.3 Å². The van der Waals surface area contributed by atoms with Crippen LogP contribution >= 0.6 is 11.8 Å². The molecule has 0 heterocycles. The van der Waals surface area contributed by atoms with Crippen molar-refractivity contribution in [2.75, 3.05) is 0 Å². The van der Waals surface area contributed by atoms with E-state index in [4.69, 9.17) is 4.74 Å². The Morgan fingerprint density at radius 2 is 1.60 bits per heavy atom. The van der Waals surface area contributed by atoms with Gasteiger partial charge in [-0.05, 0) is 36.8 Å². The Labute approximate surface area is 179 Å². The second-order valence-corrected chi connectivity index (χ2v) is 7.54. The first-order valence-corrected chi connectivity index (χ1v) is 10.2. The first kappa shape index (κ1) is 21.2. The molecule has 5 nitrogen and oxygen atoms in total. The van der Waals surface area contributed by atoms with Crippen molar-refractivity contribution in [2.45, 2.75) is 29.4 Å². The SMILES string of the molecule is C[C@H](OC(=O)c1ccccc1Sc1ccccc1C#N)C(=O)NCc1ccccc1. The Morgan fingerprint density at radius 1 is 0.967 bits per heavy atom. The molecule has 1 atom stereocenters. The molecule has 6 heteroatoms. The third kappa shape index (κ3) is 5.49. The summed E-state index contributed by atoms with van der Waals surface area (Å²) in [6.07, 6.45) is -0.939. The molecule has 150 valence electrons. The van der Waals surface area contributed by atoms with Gasteiger partial charge < -0.3 is 10.1 Å². The van der Waals surface area contributed by atoms with E-state index in [1.165, 1.54) is 11.8 Å². The van der Waals surface area contributed by atoms with Gasteiger partial charge in [-0.3, -0.25) is 4.79 Å².